The van der Waals surface area contributed by atoms with E-state index < -0.39 is 0 Å². The van der Waals surface area contributed by atoms with Gasteiger partial charge in [-0.05, 0) is 13.3 Å². The quantitative estimate of drug-likeness (QED) is 0.733. The number of thiazole rings is 1. The Hall–Kier alpha value is -2.47. The van der Waals surface area contributed by atoms with Crippen LogP contribution in [0.2, 0.25) is 0 Å². The van der Waals surface area contributed by atoms with E-state index in [1.165, 1.54) is 0 Å². The van der Waals surface area contributed by atoms with Crippen molar-refractivity contribution in [2.45, 2.75) is 32.7 Å². The summed E-state index contributed by atoms with van der Waals surface area (Å²) < 4.78 is 1.84. The van der Waals surface area contributed by atoms with Crippen LogP contribution in [0, 0.1) is 0 Å². The lowest BCUT2D eigenvalue weighted by atomic mass is 10.2. The van der Waals surface area contributed by atoms with Crippen molar-refractivity contribution >= 4 is 23.1 Å². The summed E-state index contributed by atoms with van der Waals surface area (Å²) in [6.07, 6.45) is 2.92. The molecule has 124 valence electrons. The Labute approximate surface area is 145 Å². The molecule has 3 rings (SSSR count). The maximum Gasteiger partial charge on any atom is 0.231 e. The summed E-state index contributed by atoms with van der Waals surface area (Å²) >= 11 is 1.56. The average molecular weight is 340 g/mol. The van der Waals surface area contributed by atoms with Gasteiger partial charge < -0.3 is 5.32 Å². The Kier molecular flexibility index (Phi) is 5.05. The molecule has 2 heterocycles. The zero-order valence-electron chi connectivity index (χ0n) is 13.8. The van der Waals surface area contributed by atoms with Crippen molar-refractivity contribution in [2.75, 3.05) is 5.32 Å². The fraction of sp³-hybridized carbons (Fsp3) is 0.278. The largest absolute Gasteiger partial charge is 0.311 e. The van der Waals surface area contributed by atoms with Gasteiger partial charge >= 0.3 is 0 Å². The van der Waals surface area contributed by atoms with E-state index in [0.717, 1.165) is 28.5 Å². The fourth-order valence-corrected chi connectivity index (χ4v) is 3.22. The topological polar surface area (TPSA) is 59.8 Å². The van der Waals surface area contributed by atoms with Gasteiger partial charge in [-0.1, -0.05) is 37.3 Å². The molecule has 5 nitrogen and oxygen atoms in total. The molecule has 0 bridgehead atoms. The summed E-state index contributed by atoms with van der Waals surface area (Å²) in [4.78, 5) is 16.9. The van der Waals surface area contributed by atoms with Crippen molar-refractivity contribution in [1.29, 1.82) is 0 Å². The number of amides is 1. The van der Waals surface area contributed by atoms with Crippen molar-refractivity contribution in [1.82, 2.24) is 14.8 Å². The Morgan fingerprint density at radius 2 is 2.08 bits per heavy atom. The van der Waals surface area contributed by atoms with Crippen molar-refractivity contribution in [3.05, 3.63) is 53.7 Å². The highest BCUT2D eigenvalue weighted by molar-refractivity contribution is 7.13. The van der Waals surface area contributed by atoms with Gasteiger partial charge in [-0.15, -0.1) is 11.3 Å². The number of aromatic nitrogens is 3. The van der Waals surface area contributed by atoms with Crippen LogP contribution >= 0.6 is 11.3 Å². The molecule has 24 heavy (non-hydrogen) atoms. The third kappa shape index (κ3) is 3.71. The van der Waals surface area contributed by atoms with Gasteiger partial charge in [-0.25, -0.2) is 9.67 Å². The fourth-order valence-electron chi connectivity index (χ4n) is 2.39. The molecule has 0 radical (unpaired) electrons. The Morgan fingerprint density at radius 1 is 1.29 bits per heavy atom. The van der Waals surface area contributed by atoms with Gasteiger partial charge in [0.05, 0.1) is 24.4 Å². The highest BCUT2D eigenvalue weighted by atomic mass is 32.1. The van der Waals surface area contributed by atoms with Crippen LogP contribution in [-0.2, 0) is 11.2 Å². The van der Waals surface area contributed by atoms with Gasteiger partial charge in [0, 0.05) is 17.0 Å². The molecule has 2 aromatic heterocycles. The first-order valence-electron chi connectivity index (χ1n) is 8.00. The number of rotatable bonds is 6. The number of anilines is 1. The van der Waals surface area contributed by atoms with E-state index in [1.807, 2.05) is 46.5 Å². The maximum absolute atomic E-state index is 12.3. The van der Waals surface area contributed by atoms with E-state index in [9.17, 15) is 4.79 Å². The number of hydrogen-bond donors (Lipinski definition) is 1. The second kappa shape index (κ2) is 7.40. The lowest BCUT2D eigenvalue weighted by Crippen LogP contribution is -2.19. The Balaban J connectivity index is 1.66. The lowest BCUT2D eigenvalue weighted by Gasteiger charge is -2.13. The summed E-state index contributed by atoms with van der Waals surface area (Å²) in [5.74, 6) is 0.651. The molecule has 3 aromatic rings. The SMILES string of the molecule is CCC(C)n1nccc1NC(=O)Cc1csc(-c2ccccc2)n1. The predicted molar refractivity (Wildman–Crippen MR) is 97.1 cm³/mol. The molecule has 0 aliphatic rings. The molecule has 0 aliphatic carbocycles. The van der Waals surface area contributed by atoms with E-state index in [0.29, 0.717) is 0 Å². The highest BCUT2D eigenvalue weighted by Crippen LogP contribution is 2.23. The summed E-state index contributed by atoms with van der Waals surface area (Å²) in [7, 11) is 0. The second-order valence-corrected chi connectivity index (χ2v) is 6.51. The lowest BCUT2D eigenvalue weighted by molar-refractivity contribution is -0.115. The first-order valence-corrected chi connectivity index (χ1v) is 8.88. The molecule has 0 spiro atoms. The van der Waals surface area contributed by atoms with Crippen LogP contribution in [0.1, 0.15) is 32.0 Å². The zero-order valence-corrected chi connectivity index (χ0v) is 14.6. The number of hydrogen-bond acceptors (Lipinski definition) is 4. The summed E-state index contributed by atoms with van der Waals surface area (Å²) in [6, 6.07) is 12.1. The van der Waals surface area contributed by atoms with Gasteiger partial charge in [0.1, 0.15) is 10.8 Å². The molecular formula is C18H20N4OS. The van der Waals surface area contributed by atoms with Crippen LogP contribution in [0.15, 0.2) is 48.0 Å². The number of nitrogens with one attached hydrogen (secondary N) is 1. The number of carbonyl (C=O) groups is 1. The summed E-state index contributed by atoms with van der Waals surface area (Å²) in [5.41, 5.74) is 1.86. The van der Waals surface area contributed by atoms with Crippen LogP contribution in [0.4, 0.5) is 5.82 Å². The van der Waals surface area contributed by atoms with E-state index in [-0.39, 0.29) is 18.4 Å². The van der Waals surface area contributed by atoms with E-state index in [1.54, 1.807) is 17.5 Å². The number of carbonyl (C=O) groups excluding carboxylic acids is 1. The molecule has 0 saturated heterocycles. The Morgan fingerprint density at radius 3 is 2.83 bits per heavy atom. The number of benzene rings is 1. The monoisotopic (exact) mass is 340 g/mol. The minimum absolute atomic E-state index is 0.0787. The van der Waals surface area contributed by atoms with Gasteiger partial charge in [0.2, 0.25) is 5.91 Å². The van der Waals surface area contributed by atoms with Crippen molar-refractivity contribution in [2.24, 2.45) is 0 Å². The summed E-state index contributed by atoms with van der Waals surface area (Å²) in [6.45, 7) is 4.17. The average Bonchev–Trinajstić information content (AvgIpc) is 3.24. The third-order valence-corrected chi connectivity index (χ3v) is 4.80. The third-order valence-electron chi connectivity index (χ3n) is 3.86. The van der Waals surface area contributed by atoms with Crippen LogP contribution < -0.4 is 5.32 Å². The van der Waals surface area contributed by atoms with Crippen LogP contribution in [0.25, 0.3) is 10.6 Å². The van der Waals surface area contributed by atoms with Gasteiger partial charge in [0.25, 0.3) is 0 Å². The van der Waals surface area contributed by atoms with Crippen molar-refractivity contribution in [3.8, 4) is 10.6 Å². The molecule has 1 aromatic carbocycles. The predicted octanol–water partition coefficient (Wildman–Crippen LogP) is 4.16. The molecule has 1 unspecified atom stereocenters. The normalized spacial score (nSPS) is 12.1. The maximum atomic E-state index is 12.3. The summed E-state index contributed by atoms with van der Waals surface area (Å²) in [5, 5.41) is 10.1. The van der Waals surface area contributed by atoms with Crippen LogP contribution in [0.3, 0.4) is 0 Å². The first kappa shape index (κ1) is 16.4. The zero-order chi connectivity index (χ0) is 16.9. The second-order valence-electron chi connectivity index (χ2n) is 5.65. The minimum atomic E-state index is -0.0787. The molecule has 0 aliphatic heterocycles. The van der Waals surface area contributed by atoms with E-state index >= 15 is 0 Å². The molecule has 0 saturated carbocycles. The molecule has 6 heteroatoms. The van der Waals surface area contributed by atoms with Crippen molar-refractivity contribution in [3.63, 3.8) is 0 Å². The molecule has 0 fully saturated rings. The standard InChI is InChI=1S/C18H20N4OS/c1-3-13(2)22-16(9-10-19-22)21-17(23)11-15-12-24-18(20-15)14-7-5-4-6-8-14/h4-10,12-13H,3,11H2,1-2H3,(H,21,23). The molecule has 1 atom stereocenters. The van der Waals surface area contributed by atoms with Gasteiger partial charge in [-0.2, -0.15) is 5.10 Å². The minimum Gasteiger partial charge on any atom is -0.311 e. The van der Waals surface area contributed by atoms with Gasteiger partial charge in [0.15, 0.2) is 0 Å². The molecular weight excluding hydrogens is 320 g/mol. The van der Waals surface area contributed by atoms with E-state index in [2.05, 4.69) is 29.2 Å². The van der Waals surface area contributed by atoms with E-state index in [4.69, 9.17) is 0 Å². The highest BCUT2D eigenvalue weighted by Gasteiger charge is 2.13. The van der Waals surface area contributed by atoms with Crippen LogP contribution in [0.5, 0.6) is 0 Å². The van der Waals surface area contributed by atoms with Gasteiger partial charge in [-0.3, -0.25) is 4.79 Å². The first-order chi connectivity index (χ1) is 11.7. The van der Waals surface area contributed by atoms with Crippen molar-refractivity contribution < 1.29 is 4.79 Å². The Bertz CT molecular complexity index is 809. The molecule has 1 amide bonds. The number of nitrogens with zero attached hydrogens (tertiary/aromatic N) is 3. The molecule has 1 N–H and O–H groups in total. The smallest absolute Gasteiger partial charge is 0.231 e. The van der Waals surface area contributed by atoms with Crippen LogP contribution in [-0.4, -0.2) is 20.7 Å².